The van der Waals surface area contributed by atoms with Gasteiger partial charge in [0.05, 0.1) is 30.8 Å². The molecular formula is C34H40F2N4O3Si. The molecule has 0 unspecified atom stereocenters. The molecule has 4 aromatic rings. The van der Waals surface area contributed by atoms with Crippen LogP contribution in [0.15, 0.2) is 84.4 Å². The van der Waals surface area contributed by atoms with Crippen LogP contribution in [0.2, 0.25) is 5.04 Å². The van der Waals surface area contributed by atoms with Gasteiger partial charge in [-0.15, -0.1) is 0 Å². The first-order chi connectivity index (χ1) is 21.0. The Morgan fingerprint density at radius 3 is 2.05 bits per heavy atom. The number of morpholine rings is 1. The smallest absolute Gasteiger partial charge is 0.261 e. The Balaban J connectivity index is 1.70. The number of imidazole rings is 1. The number of aryl methyl sites for hydroxylation is 1. The molecule has 1 fully saturated rings. The van der Waals surface area contributed by atoms with E-state index in [1.807, 2.05) is 55.1 Å². The van der Waals surface area contributed by atoms with E-state index in [4.69, 9.17) is 9.16 Å². The van der Waals surface area contributed by atoms with Crippen molar-refractivity contribution in [3.05, 3.63) is 108 Å². The summed E-state index contributed by atoms with van der Waals surface area (Å²) in [7, 11) is -1.29. The molecule has 0 bridgehead atoms. The van der Waals surface area contributed by atoms with Gasteiger partial charge in [-0.3, -0.25) is 0 Å². The quantitative estimate of drug-likeness (QED) is 0.120. The van der Waals surface area contributed by atoms with Crippen LogP contribution in [0.1, 0.15) is 51.4 Å². The third-order valence-corrected chi connectivity index (χ3v) is 13.1. The minimum absolute atomic E-state index is 0.00609. The lowest BCUT2D eigenvalue weighted by atomic mass is 10.0. The first-order valence-corrected chi connectivity index (χ1v) is 16.7. The molecule has 0 saturated carbocycles. The number of halogens is 2. The number of ether oxygens (including phenoxy) is 1. The Hall–Kier alpha value is -3.86. The van der Waals surface area contributed by atoms with E-state index in [1.54, 1.807) is 23.9 Å². The lowest BCUT2D eigenvalue weighted by Gasteiger charge is -2.43. The number of hydrogen-bond acceptors (Lipinski definition) is 6. The van der Waals surface area contributed by atoms with Crippen LogP contribution in [0.4, 0.5) is 14.5 Å². The first-order valence-electron chi connectivity index (χ1n) is 14.8. The summed E-state index contributed by atoms with van der Waals surface area (Å²) in [6, 6.07) is 21.9. The van der Waals surface area contributed by atoms with Gasteiger partial charge in [0, 0.05) is 37.5 Å². The van der Waals surface area contributed by atoms with Crippen LogP contribution in [0, 0.1) is 11.6 Å². The first kappa shape index (κ1) is 31.6. The van der Waals surface area contributed by atoms with Gasteiger partial charge in [0.2, 0.25) is 0 Å². The topological polar surface area (TPSA) is 72.1 Å². The zero-order valence-corrected chi connectivity index (χ0v) is 27.1. The van der Waals surface area contributed by atoms with E-state index in [2.05, 4.69) is 55.2 Å². The van der Waals surface area contributed by atoms with E-state index in [0.717, 1.165) is 10.4 Å². The molecule has 2 heterocycles. The maximum absolute atomic E-state index is 16.4. The lowest BCUT2D eigenvalue weighted by Crippen LogP contribution is -2.66. The van der Waals surface area contributed by atoms with Gasteiger partial charge >= 0.3 is 0 Å². The van der Waals surface area contributed by atoms with Crippen molar-refractivity contribution < 1.29 is 23.2 Å². The predicted octanol–water partition coefficient (Wildman–Crippen LogP) is 5.62. The fraction of sp³-hybridized carbons (Fsp3) is 0.353. The molecule has 2 atom stereocenters. The highest BCUT2D eigenvalue weighted by molar-refractivity contribution is 6.99. The van der Waals surface area contributed by atoms with E-state index < -0.39 is 20.0 Å². The number of rotatable bonds is 8. The van der Waals surface area contributed by atoms with Crippen LogP contribution in [0.3, 0.4) is 0 Å². The predicted molar refractivity (Wildman–Crippen MR) is 172 cm³/mol. The Morgan fingerprint density at radius 2 is 1.57 bits per heavy atom. The summed E-state index contributed by atoms with van der Waals surface area (Å²) in [5.41, 5.74) is 0.440. The zero-order chi connectivity index (χ0) is 31.6. The molecule has 0 radical (unpaired) electrons. The van der Waals surface area contributed by atoms with Crippen molar-refractivity contribution in [3.63, 3.8) is 0 Å². The molecule has 0 spiro atoms. The Labute approximate surface area is 258 Å². The minimum Gasteiger partial charge on any atom is -0.410 e. The van der Waals surface area contributed by atoms with Crippen LogP contribution >= 0.6 is 0 Å². The van der Waals surface area contributed by atoms with Crippen molar-refractivity contribution in [2.75, 3.05) is 18.0 Å². The number of anilines is 1. The standard InChI is InChI=1S/C34H40F2N4O3Si/c1-23-18-40(19-24(2)43-23)33-25(17-28(30(35)31(33)36)32(38-41)29-20-39(6)22-37-29)21-42-44(34(3,4)5,26-13-9-7-10-14-26)27-15-11-8-12-16-27/h7-17,20,22-24,41H,18-19,21H2,1-6H3/b38-32-/t23-,24+. The Bertz CT molecular complexity index is 1570. The summed E-state index contributed by atoms with van der Waals surface area (Å²) in [4.78, 5) is 6.06. The summed E-state index contributed by atoms with van der Waals surface area (Å²) in [6.07, 6.45) is 2.72. The van der Waals surface area contributed by atoms with Crippen molar-refractivity contribution >= 4 is 30.1 Å². The van der Waals surface area contributed by atoms with Gasteiger partial charge in [-0.25, -0.2) is 13.8 Å². The largest absolute Gasteiger partial charge is 0.410 e. The average molecular weight is 619 g/mol. The van der Waals surface area contributed by atoms with Crippen LogP contribution in [-0.2, 0) is 22.8 Å². The molecule has 5 rings (SSSR count). The summed E-state index contributed by atoms with van der Waals surface area (Å²) >= 11 is 0. The molecule has 3 aromatic carbocycles. The molecule has 1 saturated heterocycles. The summed E-state index contributed by atoms with van der Waals surface area (Å²) < 4.78 is 47.2. The van der Waals surface area contributed by atoms with Crippen LogP contribution < -0.4 is 15.3 Å². The number of oxime groups is 1. The maximum Gasteiger partial charge on any atom is 0.261 e. The zero-order valence-electron chi connectivity index (χ0n) is 26.1. The molecule has 1 aromatic heterocycles. The molecule has 232 valence electrons. The summed E-state index contributed by atoms with van der Waals surface area (Å²) in [5.74, 6) is -2.14. The maximum atomic E-state index is 16.4. The van der Waals surface area contributed by atoms with E-state index >= 15 is 8.78 Å². The highest BCUT2D eigenvalue weighted by atomic mass is 28.4. The summed E-state index contributed by atoms with van der Waals surface area (Å²) in [5, 5.41) is 15.2. The van der Waals surface area contributed by atoms with E-state index in [1.165, 1.54) is 6.33 Å². The van der Waals surface area contributed by atoms with E-state index in [9.17, 15) is 5.21 Å². The highest BCUT2D eigenvalue weighted by Crippen LogP contribution is 2.39. The molecule has 7 nitrogen and oxygen atoms in total. The van der Waals surface area contributed by atoms with Gasteiger partial charge in [0.15, 0.2) is 11.6 Å². The minimum atomic E-state index is -3.03. The Kier molecular flexibility index (Phi) is 9.06. The fourth-order valence-corrected chi connectivity index (χ4v) is 10.9. The Morgan fingerprint density at radius 1 is 1.00 bits per heavy atom. The van der Waals surface area contributed by atoms with Crippen LogP contribution in [0.25, 0.3) is 0 Å². The van der Waals surface area contributed by atoms with Gasteiger partial charge in [-0.2, -0.15) is 0 Å². The van der Waals surface area contributed by atoms with Crippen molar-refractivity contribution in [1.82, 2.24) is 9.55 Å². The number of benzene rings is 3. The molecular weight excluding hydrogens is 578 g/mol. The van der Waals surface area contributed by atoms with Crippen molar-refractivity contribution in [2.24, 2.45) is 12.2 Å². The van der Waals surface area contributed by atoms with Gasteiger partial charge in [-0.05, 0) is 35.3 Å². The van der Waals surface area contributed by atoms with E-state index in [-0.39, 0.29) is 46.5 Å². The van der Waals surface area contributed by atoms with Crippen molar-refractivity contribution in [2.45, 2.75) is 58.5 Å². The fourth-order valence-electron chi connectivity index (χ4n) is 6.38. The molecule has 44 heavy (non-hydrogen) atoms. The SMILES string of the molecule is C[C@@H]1CN(c2c(CO[Si](c3ccccc3)(c3ccccc3)C(C)(C)C)cc(/C(=N/O)c3cn(C)cn3)c(F)c2F)C[C@H](C)O1. The molecule has 0 amide bonds. The molecule has 0 aliphatic carbocycles. The second-order valence-electron chi connectivity index (χ2n) is 12.5. The average Bonchev–Trinajstić information content (AvgIpc) is 3.41. The van der Waals surface area contributed by atoms with Gasteiger partial charge in [-0.1, -0.05) is 86.6 Å². The molecule has 1 N–H and O–H groups in total. The third-order valence-electron chi connectivity index (χ3n) is 8.16. The number of nitrogens with zero attached hydrogens (tertiary/aromatic N) is 4. The van der Waals surface area contributed by atoms with Gasteiger partial charge < -0.3 is 23.8 Å². The van der Waals surface area contributed by atoms with Crippen LogP contribution in [-0.4, -0.2) is 54.1 Å². The van der Waals surface area contributed by atoms with Crippen molar-refractivity contribution in [1.29, 1.82) is 0 Å². The van der Waals surface area contributed by atoms with E-state index in [0.29, 0.717) is 18.7 Å². The van der Waals surface area contributed by atoms with Crippen molar-refractivity contribution in [3.8, 4) is 0 Å². The number of aromatic nitrogens is 2. The highest BCUT2D eigenvalue weighted by Gasteiger charge is 2.50. The van der Waals surface area contributed by atoms with Crippen LogP contribution in [0.5, 0.6) is 0 Å². The lowest BCUT2D eigenvalue weighted by molar-refractivity contribution is -0.00553. The second kappa shape index (κ2) is 12.6. The third kappa shape index (κ3) is 5.94. The number of hydrogen-bond donors (Lipinski definition) is 1. The van der Waals surface area contributed by atoms with Gasteiger partial charge in [0.25, 0.3) is 8.32 Å². The molecule has 10 heteroatoms. The van der Waals surface area contributed by atoms with Gasteiger partial charge in [0.1, 0.15) is 11.4 Å². The monoisotopic (exact) mass is 618 g/mol. The normalized spacial score (nSPS) is 18.1. The molecule has 1 aliphatic heterocycles. The molecule has 1 aliphatic rings. The summed E-state index contributed by atoms with van der Waals surface area (Å²) in [6.45, 7) is 11.1. The second-order valence-corrected chi connectivity index (χ2v) is 16.9.